The number of rotatable bonds is 16. The van der Waals surface area contributed by atoms with Gasteiger partial charge in [-0.25, -0.2) is 0 Å². The molecule has 4 aromatic rings. The van der Waals surface area contributed by atoms with Crippen LogP contribution in [-0.2, 0) is 22.4 Å². The summed E-state index contributed by atoms with van der Waals surface area (Å²) in [5.74, 6) is 0.820. The minimum absolute atomic E-state index is 0.0343. The molecule has 3 aromatic carbocycles. The van der Waals surface area contributed by atoms with E-state index < -0.39 is 0 Å². The summed E-state index contributed by atoms with van der Waals surface area (Å²) in [4.78, 5) is 34.5. The molecular weight excluding hydrogens is 548 g/mol. The van der Waals surface area contributed by atoms with Gasteiger partial charge in [0.1, 0.15) is 12.4 Å². The Morgan fingerprint density at radius 3 is 1.93 bits per heavy atom. The molecule has 1 aromatic heterocycles. The number of para-hydroxylation sites is 1. The van der Waals surface area contributed by atoms with Crippen molar-refractivity contribution in [1.82, 2.24) is 20.1 Å². The fraction of sp³-hybridized carbons (Fsp3) is 0.378. The Hall–Kier alpha value is -4.07. The molecule has 1 N–H and O–H groups in total. The van der Waals surface area contributed by atoms with Crippen LogP contribution in [0.25, 0.3) is 10.9 Å². The van der Waals surface area contributed by atoms with Crippen LogP contribution in [0.4, 0.5) is 0 Å². The zero-order valence-electron chi connectivity index (χ0n) is 25.6. The average molecular weight is 593 g/mol. The van der Waals surface area contributed by atoms with Crippen LogP contribution in [0.5, 0.6) is 5.75 Å². The standard InChI is InChI=1S/C37H44N4O3/c42-33(29-44-36-21-22-38-35-20-8-7-19-34(35)36)27-40-23-25-41(26-24-40)28-37(43)39-32(17-9-15-30-11-3-1-4-12-30)18-10-16-31-13-5-2-6-14-31/h1-8,11-14,19-22,32H,9-10,15-18,23-29H2,(H,39,43). The minimum atomic E-state index is 0.0343. The number of aromatic nitrogens is 1. The van der Waals surface area contributed by atoms with Crippen LogP contribution in [0.3, 0.4) is 0 Å². The second kappa shape index (κ2) is 16.7. The highest BCUT2D eigenvalue weighted by Crippen LogP contribution is 2.23. The lowest BCUT2D eigenvalue weighted by Gasteiger charge is -2.34. The van der Waals surface area contributed by atoms with Crippen molar-refractivity contribution in [3.63, 3.8) is 0 Å². The van der Waals surface area contributed by atoms with Gasteiger partial charge in [-0.3, -0.25) is 24.4 Å². The predicted octanol–water partition coefficient (Wildman–Crippen LogP) is 5.33. The van der Waals surface area contributed by atoms with E-state index in [0.717, 1.165) is 75.6 Å². The lowest BCUT2D eigenvalue weighted by molar-refractivity contribution is -0.125. The molecule has 1 aliphatic heterocycles. The van der Waals surface area contributed by atoms with Crippen molar-refractivity contribution in [3.05, 3.63) is 108 Å². The number of fused-ring (bicyclic) bond motifs is 1. The number of benzene rings is 3. The zero-order valence-corrected chi connectivity index (χ0v) is 25.6. The number of carbonyl (C=O) groups is 2. The Morgan fingerprint density at radius 2 is 1.30 bits per heavy atom. The first-order chi connectivity index (χ1) is 21.6. The summed E-state index contributed by atoms with van der Waals surface area (Å²) in [6.07, 6.45) is 7.80. The summed E-state index contributed by atoms with van der Waals surface area (Å²) in [7, 11) is 0. The Morgan fingerprint density at radius 1 is 0.727 bits per heavy atom. The highest BCUT2D eigenvalue weighted by molar-refractivity contribution is 5.86. The second-order valence-corrected chi connectivity index (χ2v) is 11.7. The normalized spacial score (nSPS) is 14.1. The summed E-state index contributed by atoms with van der Waals surface area (Å²) < 4.78 is 5.86. The average Bonchev–Trinajstić information content (AvgIpc) is 3.05. The van der Waals surface area contributed by atoms with Crippen LogP contribution in [-0.4, -0.2) is 78.4 Å². The summed E-state index contributed by atoms with van der Waals surface area (Å²) >= 11 is 0. The summed E-state index contributed by atoms with van der Waals surface area (Å²) in [6, 6.07) is 30.9. The first kappa shape index (κ1) is 31.4. The first-order valence-corrected chi connectivity index (χ1v) is 15.9. The Bertz CT molecular complexity index is 1400. The lowest BCUT2D eigenvalue weighted by Crippen LogP contribution is -2.51. The van der Waals surface area contributed by atoms with Crippen LogP contribution in [0.2, 0.25) is 0 Å². The SMILES string of the molecule is O=C(COc1ccnc2ccccc12)CN1CCN(CC(=O)NC(CCCc2ccccc2)CCCc2ccccc2)CC1. The zero-order chi connectivity index (χ0) is 30.4. The van der Waals surface area contributed by atoms with Crippen LogP contribution in [0.1, 0.15) is 36.8 Å². The van der Waals surface area contributed by atoms with Crippen molar-refractivity contribution in [2.75, 3.05) is 45.9 Å². The van der Waals surface area contributed by atoms with E-state index in [2.05, 4.69) is 68.6 Å². The molecule has 0 saturated carbocycles. The van der Waals surface area contributed by atoms with Crippen molar-refractivity contribution in [2.24, 2.45) is 0 Å². The highest BCUT2D eigenvalue weighted by atomic mass is 16.5. The molecule has 1 fully saturated rings. The fourth-order valence-electron chi connectivity index (χ4n) is 5.91. The summed E-state index contributed by atoms with van der Waals surface area (Å²) in [6.45, 7) is 3.84. The Kier molecular flexibility index (Phi) is 11.9. The monoisotopic (exact) mass is 592 g/mol. The second-order valence-electron chi connectivity index (χ2n) is 11.7. The molecule has 0 spiro atoms. The van der Waals surface area contributed by atoms with Gasteiger partial charge in [-0.05, 0) is 67.9 Å². The maximum absolute atomic E-state index is 13.1. The highest BCUT2D eigenvalue weighted by Gasteiger charge is 2.22. The summed E-state index contributed by atoms with van der Waals surface area (Å²) in [5, 5.41) is 4.26. The lowest BCUT2D eigenvalue weighted by atomic mass is 9.99. The number of hydrogen-bond donors (Lipinski definition) is 1. The molecule has 1 amide bonds. The number of nitrogens with one attached hydrogen (secondary N) is 1. The molecule has 1 aliphatic rings. The third-order valence-electron chi connectivity index (χ3n) is 8.32. The van der Waals surface area contributed by atoms with Gasteiger partial charge in [0.25, 0.3) is 0 Å². The van der Waals surface area contributed by atoms with E-state index in [9.17, 15) is 9.59 Å². The number of carbonyl (C=O) groups excluding carboxylic acids is 2. The van der Waals surface area contributed by atoms with E-state index in [1.54, 1.807) is 12.3 Å². The van der Waals surface area contributed by atoms with E-state index in [1.807, 2.05) is 36.4 Å². The third-order valence-corrected chi connectivity index (χ3v) is 8.32. The maximum atomic E-state index is 13.1. The number of pyridine rings is 1. The van der Waals surface area contributed by atoms with Gasteiger partial charge in [0, 0.05) is 43.8 Å². The Balaban J connectivity index is 1.03. The molecule has 5 rings (SSSR count). The molecule has 44 heavy (non-hydrogen) atoms. The first-order valence-electron chi connectivity index (χ1n) is 15.9. The summed E-state index contributed by atoms with van der Waals surface area (Å²) in [5.41, 5.74) is 3.54. The fourth-order valence-corrected chi connectivity index (χ4v) is 5.91. The third kappa shape index (κ3) is 10.00. The number of amides is 1. The molecule has 0 atom stereocenters. The van der Waals surface area contributed by atoms with Gasteiger partial charge >= 0.3 is 0 Å². The van der Waals surface area contributed by atoms with Gasteiger partial charge in [0.2, 0.25) is 5.91 Å². The molecule has 230 valence electrons. The van der Waals surface area contributed by atoms with Crippen LogP contribution >= 0.6 is 0 Å². The Labute approximate surface area is 261 Å². The van der Waals surface area contributed by atoms with Gasteiger partial charge in [-0.2, -0.15) is 0 Å². The maximum Gasteiger partial charge on any atom is 0.234 e. The van der Waals surface area contributed by atoms with E-state index in [4.69, 9.17) is 4.74 Å². The van der Waals surface area contributed by atoms with Crippen molar-refractivity contribution in [2.45, 2.75) is 44.6 Å². The molecule has 0 bridgehead atoms. The van der Waals surface area contributed by atoms with Crippen molar-refractivity contribution < 1.29 is 14.3 Å². The number of ether oxygens (including phenoxy) is 1. The van der Waals surface area contributed by atoms with Gasteiger partial charge in [-0.15, -0.1) is 0 Å². The molecule has 0 aliphatic carbocycles. The van der Waals surface area contributed by atoms with Crippen molar-refractivity contribution in [1.29, 1.82) is 0 Å². The minimum Gasteiger partial charge on any atom is -0.485 e. The molecule has 1 saturated heterocycles. The molecule has 0 radical (unpaired) electrons. The van der Waals surface area contributed by atoms with Gasteiger partial charge in [0.15, 0.2) is 5.78 Å². The number of piperazine rings is 1. The quantitative estimate of drug-likeness (QED) is 0.190. The number of Topliss-reactive ketones (excluding diaryl/α,β-unsaturated/α-hetero) is 1. The van der Waals surface area contributed by atoms with Crippen LogP contribution in [0, 0.1) is 0 Å². The molecule has 7 nitrogen and oxygen atoms in total. The van der Waals surface area contributed by atoms with E-state index in [0.29, 0.717) is 18.8 Å². The van der Waals surface area contributed by atoms with Crippen molar-refractivity contribution >= 4 is 22.6 Å². The molecule has 2 heterocycles. The number of nitrogens with zero attached hydrogens (tertiary/aromatic N) is 3. The topological polar surface area (TPSA) is 74.8 Å². The predicted molar refractivity (Wildman–Crippen MR) is 176 cm³/mol. The van der Waals surface area contributed by atoms with Crippen molar-refractivity contribution in [3.8, 4) is 5.75 Å². The smallest absolute Gasteiger partial charge is 0.234 e. The number of hydrogen-bond acceptors (Lipinski definition) is 6. The van der Waals surface area contributed by atoms with E-state index in [1.165, 1.54) is 11.1 Å². The van der Waals surface area contributed by atoms with Crippen LogP contribution < -0.4 is 10.1 Å². The molecule has 0 unspecified atom stereocenters. The van der Waals surface area contributed by atoms with Crippen LogP contribution in [0.15, 0.2) is 97.2 Å². The van der Waals surface area contributed by atoms with Gasteiger partial charge < -0.3 is 10.1 Å². The number of aryl methyl sites for hydroxylation is 2. The van der Waals surface area contributed by atoms with E-state index in [-0.39, 0.29) is 24.3 Å². The molecular formula is C37H44N4O3. The van der Waals surface area contributed by atoms with Gasteiger partial charge in [-0.1, -0.05) is 72.8 Å². The van der Waals surface area contributed by atoms with Gasteiger partial charge in [0.05, 0.1) is 18.6 Å². The molecule has 7 heteroatoms. The largest absolute Gasteiger partial charge is 0.485 e. The number of ketones is 1. The van der Waals surface area contributed by atoms with E-state index >= 15 is 0 Å².